The second-order valence-corrected chi connectivity index (χ2v) is 3.20. The summed E-state index contributed by atoms with van der Waals surface area (Å²) >= 11 is 0. The molecule has 48 valence electrons. The Hall–Kier alpha value is -0.350. The Morgan fingerprint density at radius 3 is 1.88 bits per heavy atom. The molecule has 0 saturated heterocycles. The van der Waals surface area contributed by atoms with Crippen molar-refractivity contribution in [1.82, 2.24) is 0 Å². The molecule has 0 aliphatic carbocycles. The zero-order valence-corrected chi connectivity index (χ0v) is 5.70. The van der Waals surface area contributed by atoms with Crippen LogP contribution in [0.25, 0.3) is 0 Å². The van der Waals surface area contributed by atoms with Crippen LogP contribution in [0.5, 0.6) is 0 Å². The first-order chi connectivity index (χ1) is 3.42. The fraction of sp³-hybridized carbons (Fsp3) is 0.500. The fourth-order valence-corrected chi connectivity index (χ4v) is 0.986. The molecule has 8 heavy (non-hydrogen) atoms. The predicted octanol–water partition coefficient (Wildman–Crippen LogP) is 0.199. The number of nitrogens with two attached hydrogens (primary N) is 1. The largest absolute Gasteiger partial charge is 0.231 e. The summed E-state index contributed by atoms with van der Waals surface area (Å²) in [5, 5.41) is 5.65. The molecule has 0 aromatic heterocycles. The van der Waals surface area contributed by atoms with Gasteiger partial charge in [0.1, 0.15) is 0 Å². The lowest BCUT2D eigenvalue weighted by Crippen LogP contribution is -2.07. The summed E-state index contributed by atoms with van der Waals surface area (Å²) in [5.41, 5.74) is 0.688. The summed E-state index contributed by atoms with van der Waals surface area (Å²) in [4.78, 5) is 0. The van der Waals surface area contributed by atoms with Gasteiger partial charge in [0.25, 0.3) is 0 Å². The van der Waals surface area contributed by atoms with Crippen LogP contribution >= 0.6 is 0 Å². The molecule has 4 heteroatoms. The van der Waals surface area contributed by atoms with Crippen molar-refractivity contribution in [3.05, 3.63) is 11.0 Å². The highest BCUT2D eigenvalue weighted by molar-refractivity contribution is 7.92. The maximum atomic E-state index is 10.1. The Morgan fingerprint density at radius 1 is 1.50 bits per heavy atom. The Balaban J connectivity index is 4.36. The molecular formula is C4H9NO2S. The van der Waals surface area contributed by atoms with Crippen molar-refractivity contribution in [1.29, 1.82) is 0 Å². The maximum Gasteiger partial charge on any atom is 0.231 e. The van der Waals surface area contributed by atoms with E-state index in [0.29, 0.717) is 5.57 Å². The highest BCUT2D eigenvalue weighted by atomic mass is 32.2. The van der Waals surface area contributed by atoms with Crippen LogP contribution in [0, 0.1) is 0 Å². The van der Waals surface area contributed by atoms with E-state index in [9.17, 15) is 8.42 Å². The third kappa shape index (κ3) is 5.65. The van der Waals surface area contributed by atoms with Crippen molar-refractivity contribution in [3.63, 3.8) is 0 Å². The van der Waals surface area contributed by atoms with E-state index < -0.39 is 10.0 Å². The van der Waals surface area contributed by atoms with Crippen LogP contribution in [0.3, 0.4) is 0 Å². The van der Waals surface area contributed by atoms with Crippen LogP contribution < -0.4 is 5.14 Å². The number of hydrogen-bond acceptors (Lipinski definition) is 2. The van der Waals surface area contributed by atoms with E-state index in [4.69, 9.17) is 0 Å². The average Bonchev–Trinajstić information content (AvgIpc) is 1.21. The van der Waals surface area contributed by atoms with Crippen molar-refractivity contribution < 1.29 is 8.42 Å². The molecule has 0 spiro atoms. The lowest BCUT2D eigenvalue weighted by molar-refractivity contribution is 0.606. The summed E-state index contributed by atoms with van der Waals surface area (Å²) in [7, 11) is -3.39. The highest BCUT2D eigenvalue weighted by Gasteiger charge is 1.92. The molecule has 0 aliphatic rings. The smallest absolute Gasteiger partial charge is 0.225 e. The SMILES string of the molecule is CC(C)=CS(N)(=O)=O. The van der Waals surface area contributed by atoms with Crippen molar-refractivity contribution in [2.24, 2.45) is 5.14 Å². The number of allylic oxidation sites excluding steroid dienone is 1. The number of sulfonamides is 1. The first kappa shape index (κ1) is 7.65. The molecule has 0 aromatic carbocycles. The molecule has 0 saturated carbocycles. The molecular weight excluding hydrogens is 126 g/mol. The Labute approximate surface area is 49.2 Å². The molecule has 3 nitrogen and oxygen atoms in total. The number of rotatable bonds is 1. The van der Waals surface area contributed by atoms with E-state index in [-0.39, 0.29) is 0 Å². The first-order valence-corrected chi connectivity index (χ1v) is 3.70. The van der Waals surface area contributed by atoms with Gasteiger partial charge in [0.05, 0.1) is 0 Å². The van der Waals surface area contributed by atoms with Crippen molar-refractivity contribution in [2.45, 2.75) is 13.8 Å². The van der Waals surface area contributed by atoms with E-state index in [1.807, 2.05) is 0 Å². The minimum absolute atomic E-state index is 0.688. The summed E-state index contributed by atoms with van der Waals surface area (Å²) < 4.78 is 20.3. The van der Waals surface area contributed by atoms with Crippen molar-refractivity contribution >= 4 is 10.0 Å². The fourth-order valence-electron chi connectivity index (χ4n) is 0.329. The number of primary sulfonamides is 1. The Bertz CT molecular complexity index is 186. The molecule has 0 aromatic rings. The normalized spacial score (nSPS) is 10.9. The van der Waals surface area contributed by atoms with E-state index in [2.05, 4.69) is 5.14 Å². The molecule has 0 atom stereocenters. The van der Waals surface area contributed by atoms with Gasteiger partial charge in [0.2, 0.25) is 10.0 Å². The standard InChI is InChI=1S/C4H9NO2S/c1-4(2)3-8(5,6)7/h3H,1-2H3,(H2,5,6,7). The second-order valence-electron chi connectivity index (χ2n) is 1.78. The van der Waals surface area contributed by atoms with Crippen molar-refractivity contribution in [3.8, 4) is 0 Å². The molecule has 0 rings (SSSR count). The molecule has 0 radical (unpaired) electrons. The third-order valence-corrected chi connectivity index (χ3v) is 1.20. The van der Waals surface area contributed by atoms with E-state index in [1.165, 1.54) is 0 Å². The average molecular weight is 135 g/mol. The van der Waals surface area contributed by atoms with Gasteiger partial charge in [-0.25, -0.2) is 13.6 Å². The van der Waals surface area contributed by atoms with E-state index >= 15 is 0 Å². The molecule has 0 heterocycles. The zero-order chi connectivity index (χ0) is 6.78. The van der Waals surface area contributed by atoms with Crippen LogP contribution in [0.4, 0.5) is 0 Å². The Kier molecular flexibility index (Phi) is 2.18. The van der Waals surface area contributed by atoms with Gasteiger partial charge >= 0.3 is 0 Å². The van der Waals surface area contributed by atoms with Gasteiger partial charge in [-0.05, 0) is 13.8 Å². The summed E-state index contributed by atoms with van der Waals surface area (Å²) in [6.07, 6.45) is 0. The lowest BCUT2D eigenvalue weighted by atomic mass is 10.4. The van der Waals surface area contributed by atoms with Gasteiger partial charge in [0.15, 0.2) is 0 Å². The minimum Gasteiger partial charge on any atom is -0.225 e. The lowest BCUT2D eigenvalue weighted by Gasteiger charge is -1.85. The Morgan fingerprint density at radius 2 is 1.88 bits per heavy atom. The van der Waals surface area contributed by atoms with Crippen LogP contribution in [0.15, 0.2) is 11.0 Å². The molecule has 0 amide bonds. The number of hydrogen-bond donors (Lipinski definition) is 1. The van der Waals surface area contributed by atoms with Gasteiger partial charge in [0, 0.05) is 5.41 Å². The van der Waals surface area contributed by atoms with Crippen molar-refractivity contribution in [2.75, 3.05) is 0 Å². The van der Waals surface area contributed by atoms with E-state index in [1.54, 1.807) is 13.8 Å². The summed E-state index contributed by atoms with van der Waals surface area (Å²) in [6, 6.07) is 0. The molecule has 2 N–H and O–H groups in total. The van der Waals surface area contributed by atoms with Crippen LogP contribution in [0.2, 0.25) is 0 Å². The van der Waals surface area contributed by atoms with Crippen LogP contribution in [-0.4, -0.2) is 8.42 Å². The first-order valence-electron chi connectivity index (χ1n) is 2.09. The maximum absolute atomic E-state index is 10.1. The topological polar surface area (TPSA) is 60.2 Å². The van der Waals surface area contributed by atoms with Crippen LogP contribution in [-0.2, 0) is 10.0 Å². The second kappa shape index (κ2) is 2.28. The zero-order valence-electron chi connectivity index (χ0n) is 4.88. The summed E-state index contributed by atoms with van der Waals surface area (Å²) in [5.74, 6) is 0. The third-order valence-electron chi connectivity index (χ3n) is 0.400. The monoisotopic (exact) mass is 135 g/mol. The predicted molar refractivity (Wildman–Crippen MR) is 32.5 cm³/mol. The van der Waals surface area contributed by atoms with Gasteiger partial charge in [-0.1, -0.05) is 5.57 Å². The molecule has 0 fully saturated rings. The highest BCUT2D eigenvalue weighted by Crippen LogP contribution is 1.90. The van der Waals surface area contributed by atoms with E-state index in [0.717, 1.165) is 5.41 Å². The van der Waals surface area contributed by atoms with Gasteiger partial charge in [-0.15, -0.1) is 0 Å². The minimum atomic E-state index is -3.39. The summed E-state index contributed by atoms with van der Waals surface area (Å²) in [6.45, 7) is 3.34. The van der Waals surface area contributed by atoms with Crippen LogP contribution in [0.1, 0.15) is 13.8 Å². The quantitative estimate of drug-likeness (QED) is 0.558. The molecule has 0 bridgehead atoms. The van der Waals surface area contributed by atoms with Gasteiger partial charge in [-0.3, -0.25) is 0 Å². The van der Waals surface area contributed by atoms with Gasteiger partial charge < -0.3 is 0 Å². The van der Waals surface area contributed by atoms with Gasteiger partial charge in [-0.2, -0.15) is 0 Å². The molecule has 0 aliphatic heterocycles. The molecule has 0 unspecified atom stereocenters.